The lowest BCUT2D eigenvalue weighted by Gasteiger charge is -2.34. The average molecular weight is 588 g/mol. The summed E-state index contributed by atoms with van der Waals surface area (Å²) in [4.78, 5) is 25.2. The molecule has 2 heterocycles. The average Bonchev–Trinajstić information content (AvgIpc) is 3.43. The van der Waals surface area contributed by atoms with Crippen molar-refractivity contribution in [2.75, 3.05) is 5.32 Å². The highest BCUT2D eigenvalue weighted by molar-refractivity contribution is 7.15. The van der Waals surface area contributed by atoms with E-state index in [4.69, 9.17) is 0 Å². The van der Waals surface area contributed by atoms with E-state index in [0.717, 1.165) is 40.4 Å². The minimum atomic E-state index is -4.59. The number of benzene rings is 2. The van der Waals surface area contributed by atoms with E-state index < -0.39 is 34.9 Å². The van der Waals surface area contributed by atoms with E-state index >= 15 is 0 Å². The standard InChI is InChI=1S/C28H25F4N5O3S/c1-15-10-17(12-19(11-15)36-26-33-9-6-23(37-26)28(30,31)32)22-14-34-25(41-22)27(40)7-4-18(5-8-27)35-24(39)16-2-3-21(38)20(29)13-16/h2-3,6,9-14,18,38,40H,4-5,7-8H2,1H3,(H,35,39)(H,33,36,37)/t18-,27+. The number of nitrogens with zero attached hydrogens (tertiary/aromatic N) is 3. The number of rotatable bonds is 6. The number of aryl methyl sites for hydroxylation is 1. The number of phenols is 1. The Balaban J connectivity index is 1.26. The first-order valence-electron chi connectivity index (χ1n) is 12.7. The largest absolute Gasteiger partial charge is 0.505 e. The molecule has 13 heteroatoms. The Morgan fingerprint density at radius 2 is 1.85 bits per heavy atom. The maximum absolute atomic E-state index is 13.6. The third kappa shape index (κ3) is 6.46. The molecule has 4 aromatic rings. The summed E-state index contributed by atoms with van der Waals surface area (Å²) in [6.07, 6.45) is -0.249. The molecule has 0 unspecified atom stereocenters. The maximum Gasteiger partial charge on any atom is 0.433 e. The third-order valence-corrected chi connectivity index (χ3v) is 8.07. The highest BCUT2D eigenvalue weighted by atomic mass is 32.1. The molecule has 0 saturated heterocycles. The first-order valence-corrected chi connectivity index (χ1v) is 13.5. The van der Waals surface area contributed by atoms with Crippen LogP contribution in [0.2, 0.25) is 0 Å². The van der Waals surface area contributed by atoms with E-state index in [1.54, 1.807) is 18.3 Å². The van der Waals surface area contributed by atoms with E-state index in [2.05, 4.69) is 25.6 Å². The Labute approximate surface area is 236 Å². The number of aromatic hydroxyl groups is 1. The van der Waals surface area contributed by atoms with Crippen LogP contribution in [0.1, 0.15) is 52.3 Å². The summed E-state index contributed by atoms with van der Waals surface area (Å²) in [5.41, 5.74) is -0.0443. The number of phenolic OH excluding ortho intramolecular Hbond substituents is 1. The van der Waals surface area contributed by atoms with Gasteiger partial charge in [-0.05, 0) is 80.1 Å². The van der Waals surface area contributed by atoms with Crippen molar-refractivity contribution in [2.24, 2.45) is 0 Å². The second-order valence-corrected chi connectivity index (χ2v) is 11.0. The molecule has 2 aromatic carbocycles. The predicted octanol–water partition coefficient (Wildman–Crippen LogP) is 6.08. The van der Waals surface area contributed by atoms with Crippen molar-refractivity contribution in [3.05, 3.63) is 82.5 Å². The summed E-state index contributed by atoms with van der Waals surface area (Å²) < 4.78 is 52.7. The van der Waals surface area contributed by atoms with Crippen molar-refractivity contribution in [1.82, 2.24) is 20.3 Å². The summed E-state index contributed by atoms with van der Waals surface area (Å²) in [6, 6.07) is 9.41. The second kappa shape index (κ2) is 11.1. The molecule has 1 amide bonds. The van der Waals surface area contributed by atoms with E-state index in [9.17, 15) is 32.6 Å². The number of alkyl halides is 3. The van der Waals surface area contributed by atoms with Crippen molar-refractivity contribution >= 4 is 28.9 Å². The van der Waals surface area contributed by atoms with E-state index in [1.807, 2.05) is 13.0 Å². The van der Waals surface area contributed by atoms with Gasteiger partial charge in [0.25, 0.3) is 5.91 Å². The molecule has 0 aliphatic heterocycles. The molecule has 41 heavy (non-hydrogen) atoms. The monoisotopic (exact) mass is 587 g/mol. The van der Waals surface area contributed by atoms with Crippen molar-refractivity contribution in [2.45, 2.75) is 50.4 Å². The Hall–Kier alpha value is -4.10. The summed E-state index contributed by atoms with van der Waals surface area (Å²) >= 11 is 1.31. The molecular weight excluding hydrogens is 562 g/mol. The first-order chi connectivity index (χ1) is 19.4. The smallest absolute Gasteiger partial charge is 0.433 e. The molecule has 2 aromatic heterocycles. The SMILES string of the molecule is Cc1cc(Nc2nccc(C(F)(F)F)n2)cc(-c2cnc([C@]3(O)CC[C@@H](NC(=O)c4ccc(O)c(F)c4)CC3)s2)c1. The zero-order valence-electron chi connectivity index (χ0n) is 21.7. The number of anilines is 2. The van der Waals surface area contributed by atoms with E-state index in [1.165, 1.54) is 17.4 Å². The normalized spacial score (nSPS) is 19.1. The first kappa shape index (κ1) is 28.4. The highest BCUT2D eigenvalue weighted by Gasteiger charge is 2.38. The van der Waals surface area contributed by atoms with Crippen LogP contribution in [0.5, 0.6) is 5.75 Å². The van der Waals surface area contributed by atoms with Gasteiger partial charge in [-0.3, -0.25) is 4.79 Å². The van der Waals surface area contributed by atoms with Gasteiger partial charge in [0.05, 0.1) is 4.88 Å². The van der Waals surface area contributed by atoms with E-state index in [-0.39, 0.29) is 17.6 Å². The molecule has 1 aliphatic carbocycles. The summed E-state index contributed by atoms with van der Waals surface area (Å²) in [5, 5.41) is 26.9. The van der Waals surface area contributed by atoms with Gasteiger partial charge in [0, 0.05) is 29.7 Å². The number of hydrogen-bond acceptors (Lipinski definition) is 8. The number of halogens is 4. The minimum absolute atomic E-state index is 0.0948. The number of amides is 1. The van der Waals surface area contributed by atoms with Crippen molar-refractivity contribution in [1.29, 1.82) is 0 Å². The van der Waals surface area contributed by atoms with Gasteiger partial charge in [-0.15, -0.1) is 11.3 Å². The fourth-order valence-corrected chi connectivity index (χ4v) is 5.75. The van der Waals surface area contributed by atoms with Gasteiger partial charge in [0.1, 0.15) is 16.3 Å². The number of carbonyl (C=O) groups is 1. The molecule has 0 bridgehead atoms. The van der Waals surface area contributed by atoms with Gasteiger partial charge in [-0.2, -0.15) is 13.2 Å². The Morgan fingerprint density at radius 1 is 1.10 bits per heavy atom. The van der Waals surface area contributed by atoms with Crippen LogP contribution >= 0.6 is 11.3 Å². The molecule has 0 radical (unpaired) electrons. The Bertz CT molecular complexity index is 1590. The zero-order chi connectivity index (χ0) is 29.4. The molecule has 1 aliphatic rings. The minimum Gasteiger partial charge on any atom is -0.505 e. The number of carbonyl (C=O) groups excluding carboxylic acids is 1. The lowest BCUT2D eigenvalue weighted by Crippen LogP contribution is -2.42. The van der Waals surface area contributed by atoms with Crippen LogP contribution in [-0.4, -0.2) is 37.1 Å². The van der Waals surface area contributed by atoms with Gasteiger partial charge in [0.2, 0.25) is 5.95 Å². The molecule has 5 rings (SSSR count). The molecule has 1 fully saturated rings. The number of aromatic nitrogens is 3. The summed E-state index contributed by atoms with van der Waals surface area (Å²) in [7, 11) is 0. The van der Waals surface area contributed by atoms with Gasteiger partial charge >= 0.3 is 6.18 Å². The molecule has 1 saturated carbocycles. The third-order valence-electron chi connectivity index (χ3n) is 6.83. The summed E-state index contributed by atoms with van der Waals surface area (Å²) in [5.74, 6) is -2.06. The van der Waals surface area contributed by atoms with Gasteiger partial charge in [0.15, 0.2) is 11.6 Å². The topological polar surface area (TPSA) is 120 Å². The molecule has 0 spiro atoms. The number of nitrogens with one attached hydrogen (secondary N) is 2. The van der Waals surface area contributed by atoms with Crippen molar-refractivity contribution in [3.63, 3.8) is 0 Å². The lowest BCUT2D eigenvalue weighted by atomic mass is 9.82. The molecule has 0 atom stereocenters. The van der Waals surface area contributed by atoms with Crippen LogP contribution < -0.4 is 10.6 Å². The Morgan fingerprint density at radius 3 is 2.56 bits per heavy atom. The number of aliphatic hydroxyl groups is 1. The predicted molar refractivity (Wildman–Crippen MR) is 144 cm³/mol. The van der Waals surface area contributed by atoms with Gasteiger partial charge < -0.3 is 20.8 Å². The zero-order valence-corrected chi connectivity index (χ0v) is 22.5. The second-order valence-electron chi connectivity index (χ2n) is 9.95. The summed E-state index contributed by atoms with van der Waals surface area (Å²) in [6.45, 7) is 1.85. The quantitative estimate of drug-likeness (QED) is 0.202. The molecule has 214 valence electrons. The lowest BCUT2D eigenvalue weighted by molar-refractivity contribution is -0.141. The van der Waals surface area contributed by atoms with Crippen LogP contribution in [0, 0.1) is 12.7 Å². The Kier molecular flexibility index (Phi) is 7.66. The van der Waals surface area contributed by atoms with E-state index in [0.29, 0.717) is 36.4 Å². The van der Waals surface area contributed by atoms with Crippen LogP contribution in [0.3, 0.4) is 0 Å². The molecule has 8 nitrogen and oxygen atoms in total. The number of hydrogen-bond donors (Lipinski definition) is 4. The van der Waals surface area contributed by atoms with Gasteiger partial charge in [-0.1, -0.05) is 6.07 Å². The fraction of sp³-hybridized carbons (Fsp3) is 0.286. The molecule has 4 N–H and O–H groups in total. The fourth-order valence-electron chi connectivity index (χ4n) is 4.70. The van der Waals surface area contributed by atoms with Crippen molar-refractivity contribution < 1.29 is 32.6 Å². The van der Waals surface area contributed by atoms with Crippen LogP contribution in [-0.2, 0) is 11.8 Å². The van der Waals surface area contributed by atoms with Crippen LogP contribution in [0.4, 0.5) is 29.2 Å². The van der Waals surface area contributed by atoms with Crippen LogP contribution in [0.15, 0.2) is 54.9 Å². The van der Waals surface area contributed by atoms with Crippen LogP contribution in [0.25, 0.3) is 10.4 Å². The maximum atomic E-state index is 13.6. The highest BCUT2D eigenvalue weighted by Crippen LogP contribution is 2.41. The van der Waals surface area contributed by atoms with Gasteiger partial charge in [-0.25, -0.2) is 19.3 Å². The number of thiazole rings is 1. The molecular formula is C28H25F4N5O3S. The van der Waals surface area contributed by atoms with Crippen molar-refractivity contribution in [3.8, 4) is 16.2 Å².